The quantitative estimate of drug-likeness (QED) is 0.827. The van der Waals surface area contributed by atoms with Gasteiger partial charge in [-0.1, -0.05) is 19.9 Å². The number of piperazine rings is 1. The van der Waals surface area contributed by atoms with Crippen molar-refractivity contribution in [1.82, 2.24) is 9.80 Å². The monoisotopic (exact) mass is 398 g/mol. The highest BCUT2D eigenvalue weighted by Gasteiger charge is 2.26. The van der Waals surface area contributed by atoms with Gasteiger partial charge in [-0.05, 0) is 36.8 Å². The third-order valence-electron chi connectivity index (χ3n) is 4.86. The molecule has 2 heterocycles. The normalized spacial score (nSPS) is 14.1. The second-order valence-electron chi connectivity index (χ2n) is 7.36. The Morgan fingerprint density at radius 2 is 1.69 bits per heavy atom. The Morgan fingerprint density at radius 1 is 1.00 bits per heavy atom. The summed E-state index contributed by atoms with van der Waals surface area (Å²) in [5.74, 6) is -0.0729. The Morgan fingerprint density at radius 3 is 2.31 bits per heavy atom. The van der Waals surface area contributed by atoms with Crippen LogP contribution in [0.15, 0.2) is 41.0 Å². The molecule has 1 aliphatic heterocycles. The van der Waals surface area contributed by atoms with Crippen LogP contribution in [0.5, 0.6) is 0 Å². The van der Waals surface area contributed by atoms with Gasteiger partial charge in [-0.3, -0.25) is 9.59 Å². The molecule has 3 rings (SSSR count). The number of urea groups is 1. The van der Waals surface area contributed by atoms with Gasteiger partial charge in [-0.25, -0.2) is 4.79 Å². The van der Waals surface area contributed by atoms with Crippen molar-refractivity contribution in [3.63, 3.8) is 0 Å². The summed E-state index contributed by atoms with van der Waals surface area (Å²) in [4.78, 5) is 40.2. The highest BCUT2D eigenvalue weighted by molar-refractivity contribution is 5.95. The molecule has 0 saturated carbocycles. The maximum Gasteiger partial charge on any atom is 0.321 e. The number of anilines is 2. The Kier molecular flexibility index (Phi) is 6.21. The van der Waals surface area contributed by atoms with E-state index < -0.39 is 0 Å². The highest BCUT2D eigenvalue weighted by atomic mass is 16.3. The fourth-order valence-corrected chi connectivity index (χ4v) is 2.98. The van der Waals surface area contributed by atoms with E-state index in [1.165, 1.54) is 6.26 Å². The SMILES string of the molecule is Cc1ccc(NC(=O)C(C)C)cc1NC(=O)N1CCN(C(=O)c2ccco2)CC1. The number of hydrogen-bond donors (Lipinski definition) is 2. The third kappa shape index (κ3) is 4.96. The van der Waals surface area contributed by atoms with Gasteiger partial charge in [0.05, 0.1) is 6.26 Å². The average Bonchev–Trinajstić information content (AvgIpc) is 3.24. The van der Waals surface area contributed by atoms with Gasteiger partial charge in [0.1, 0.15) is 0 Å². The molecule has 0 atom stereocenters. The van der Waals surface area contributed by atoms with Gasteiger partial charge in [0, 0.05) is 43.5 Å². The van der Waals surface area contributed by atoms with E-state index in [1.807, 2.05) is 32.9 Å². The molecule has 0 unspecified atom stereocenters. The van der Waals surface area contributed by atoms with E-state index in [9.17, 15) is 14.4 Å². The number of rotatable bonds is 4. The largest absolute Gasteiger partial charge is 0.459 e. The van der Waals surface area contributed by atoms with Crippen LogP contribution in [0.4, 0.5) is 16.2 Å². The van der Waals surface area contributed by atoms with Crippen LogP contribution in [0.25, 0.3) is 0 Å². The number of carbonyl (C=O) groups is 3. The van der Waals surface area contributed by atoms with Gasteiger partial charge in [0.2, 0.25) is 5.91 Å². The summed E-state index contributed by atoms with van der Waals surface area (Å²) < 4.78 is 5.15. The fourth-order valence-electron chi connectivity index (χ4n) is 2.98. The molecular formula is C21H26N4O4. The van der Waals surface area contributed by atoms with Crippen molar-refractivity contribution in [2.45, 2.75) is 20.8 Å². The van der Waals surface area contributed by atoms with Crippen molar-refractivity contribution in [1.29, 1.82) is 0 Å². The molecule has 0 spiro atoms. The first-order valence-corrected chi connectivity index (χ1v) is 9.65. The lowest BCUT2D eigenvalue weighted by atomic mass is 10.1. The molecule has 8 heteroatoms. The molecule has 4 amide bonds. The number of benzene rings is 1. The van der Waals surface area contributed by atoms with Crippen LogP contribution in [0, 0.1) is 12.8 Å². The second-order valence-corrected chi connectivity index (χ2v) is 7.36. The Hall–Kier alpha value is -3.29. The minimum Gasteiger partial charge on any atom is -0.459 e. The summed E-state index contributed by atoms with van der Waals surface area (Å²) in [5, 5.41) is 5.74. The predicted octanol–water partition coefficient (Wildman–Crippen LogP) is 3.17. The number of carbonyl (C=O) groups excluding carboxylic acids is 3. The second kappa shape index (κ2) is 8.81. The summed E-state index contributed by atoms with van der Waals surface area (Å²) in [6, 6.07) is 8.50. The topological polar surface area (TPSA) is 94.9 Å². The number of nitrogens with zero attached hydrogens (tertiary/aromatic N) is 2. The Balaban J connectivity index is 1.58. The first-order valence-electron chi connectivity index (χ1n) is 9.65. The number of aryl methyl sites for hydroxylation is 1. The van der Waals surface area contributed by atoms with Crippen molar-refractivity contribution in [3.8, 4) is 0 Å². The van der Waals surface area contributed by atoms with Crippen LogP contribution in [-0.4, -0.2) is 53.8 Å². The minimum atomic E-state index is -0.231. The molecule has 1 aromatic heterocycles. The molecule has 1 aliphatic rings. The smallest absolute Gasteiger partial charge is 0.321 e. The molecular weight excluding hydrogens is 372 g/mol. The van der Waals surface area contributed by atoms with Crippen molar-refractivity contribution in [2.24, 2.45) is 5.92 Å². The Labute approximate surface area is 169 Å². The van der Waals surface area contributed by atoms with Gasteiger partial charge in [-0.2, -0.15) is 0 Å². The number of nitrogens with one attached hydrogen (secondary N) is 2. The van der Waals surface area contributed by atoms with E-state index in [4.69, 9.17) is 4.42 Å². The molecule has 8 nitrogen and oxygen atoms in total. The average molecular weight is 398 g/mol. The molecule has 1 saturated heterocycles. The van der Waals surface area contributed by atoms with Gasteiger partial charge in [0.25, 0.3) is 5.91 Å². The van der Waals surface area contributed by atoms with Crippen molar-refractivity contribution >= 4 is 29.2 Å². The fraction of sp³-hybridized carbons (Fsp3) is 0.381. The summed E-state index contributed by atoms with van der Waals surface area (Å²) in [7, 11) is 0. The maximum atomic E-state index is 12.7. The molecule has 0 radical (unpaired) electrons. The van der Waals surface area contributed by atoms with E-state index in [-0.39, 0.29) is 23.8 Å². The molecule has 154 valence electrons. The molecule has 2 N–H and O–H groups in total. The van der Waals surface area contributed by atoms with Gasteiger partial charge < -0.3 is 24.9 Å². The van der Waals surface area contributed by atoms with Gasteiger partial charge in [-0.15, -0.1) is 0 Å². The molecule has 2 aromatic rings. The van der Waals surface area contributed by atoms with E-state index >= 15 is 0 Å². The van der Waals surface area contributed by atoms with E-state index in [0.29, 0.717) is 43.3 Å². The lowest BCUT2D eigenvalue weighted by Gasteiger charge is -2.34. The maximum absolute atomic E-state index is 12.7. The lowest BCUT2D eigenvalue weighted by molar-refractivity contribution is -0.118. The van der Waals surface area contributed by atoms with Gasteiger partial charge in [0.15, 0.2) is 5.76 Å². The summed E-state index contributed by atoms with van der Waals surface area (Å²) in [6.45, 7) is 7.28. The summed E-state index contributed by atoms with van der Waals surface area (Å²) >= 11 is 0. The van der Waals surface area contributed by atoms with Crippen LogP contribution in [0.3, 0.4) is 0 Å². The van der Waals surface area contributed by atoms with Crippen molar-refractivity contribution < 1.29 is 18.8 Å². The summed E-state index contributed by atoms with van der Waals surface area (Å²) in [5.41, 5.74) is 2.18. The molecule has 1 aromatic carbocycles. The standard InChI is InChI=1S/C21H26N4O4/c1-14(2)19(26)22-16-7-6-15(3)17(13-16)23-21(28)25-10-8-24(9-11-25)20(27)18-5-4-12-29-18/h4-7,12-14H,8-11H2,1-3H3,(H,22,26)(H,23,28). The van der Waals surface area contributed by atoms with Crippen LogP contribution in [-0.2, 0) is 4.79 Å². The summed E-state index contributed by atoms with van der Waals surface area (Å²) in [6.07, 6.45) is 1.47. The molecule has 1 fully saturated rings. The van der Waals surface area contributed by atoms with Crippen LogP contribution in [0.1, 0.15) is 30.0 Å². The van der Waals surface area contributed by atoms with E-state index in [1.54, 1.807) is 28.0 Å². The van der Waals surface area contributed by atoms with Crippen LogP contribution < -0.4 is 10.6 Å². The number of furan rings is 1. The Bertz CT molecular complexity index is 884. The van der Waals surface area contributed by atoms with Crippen molar-refractivity contribution in [2.75, 3.05) is 36.8 Å². The van der Waals surface area contributed by atoms with E-state index in [0.717, 1.165) is 5.56 Å². The molecule has 0 bridgehead atoms. The predicted molar refractivity (Wildman–Crippen MR) is 110 cm³/mol. The molecule has 0 aliphatic carbocycles. The lowest BCUT2D eigenvalue weighted by Crippen LogP contribution is -2.51. The zero-order chi connectivity index (χ0) is 21.0. The zero-order valence-corrected chi connectivity index (χ0v) is 16.9. The van der Waals surface area contributed by atoms with Crippen molar-refractivity contribution in [3.05, 3.63) is 47.9 Å². The minimum absolute atomic E-state index is 0.0801. The van der Waals surface area contributed by atoms with Crippen LogP contribution >= 0.6 is 0 Å². The first-order chi connectivity index (χ1) is 13.8. The highest BCUT2D eigenvalue weighted by Crippen LogP contribution is 2.21. The van der Waals surface area contributed by atoms with Crippen LogP contribution in [0.2, 0.25) is 0 Å². The van der Waals surface area contributed by atoms with Gasteiger partial charge >= 0.3 is 6.03 Å². The number of amides is 4. The zero-order valence-electron chi connectivity index (χ0n) is 16.9. The van der Waals surface area contributed by atoms with E-state index in [2.05, 4.69) is 10.6 Å². The third-order valence-corrected chi connectivity index (χ3v) is 4.86. The number of hydrogen-bond acceptors (Lipinski definition) is 4. The first kappa shape index (κ1) is 20.4. The molecule has 29 heavy (non-hydrogen) atoms.